The summed E-state index contributed by atoms with van der Waals surface area (Å²) in [4.78, 5) is 33.8. The number of hydrogen-bond acceptors (Lipinski definition) is 11. The molecule has 14 nitrogen and oxygen atoms in total. The first-order chi connectivity index (χ1) is 31.3. The number of nitrogens with one attached hydrogen (secondary N) is 4. The molecule has 18 heteroatoms. The number of aromatic nitrogens is 6. The molecule has 0 aliphatic heterocycles. The molecule has 4 heterocycles. The van der Waals surface area contributed by atoms with E-state index in [2.05, 4.69) is 41.4 Å². The van der Waals surface area contributed by atoms with Crippen LogP contribution < -0.4 is 21.3 Å². The minimum atomic E-state index is -1.01. The lowest BCUT2D eigenvalue weighted by atomic mass is 10.0. The zero-order valence-electron chi connectivity index (χ0n) is 37.3. The molecule has 0 unspecified atom stereocenters. The number of aliphatic hydroxyl groups is 2. The van der Waals surface area contributed by atoms with Crippen molar-refractivity contribution in [2.45, 2.75) is 100 Å². The third kappa shape index (κ3) is 11.1. The SMILES string of the molecule is Cc1cc(-c2cnc3c(NCC(C)(C)O)cc(Cl)nn23)ccc1C(=O)NC1CC1.Cc1cc(-c2cnc3c(NCC(C)(C)O)cc(Sc4c(F)cccc4F)nn23)ccc1C(=O)NC1CC1. The number of halogens is 3. The van der Waals surface area contributed by atoms with Gasteiger partial charge in [-0.2, -0.15) is 10.2 Å². The molecule has 66 heavy (non-hydrogen) atoms. The first kappa shape index (κ1) is 46.4. The Hall–Kier alpha value is -6.14. The van der Waals surface area contributed by atoms with Crippen LogP contribution in [0.5, 0.6) is 0 Å². The first-order valence-corrected chi connectivity index (χ1v) is 22.8. The fraction of sp³-hybridized carbons (Fsp3) is 0.333. The van der Waals surface area contributed by atoms with Crippen LogP contribution in [0.1, 0.15) is 85.2 Å². The molecule has 2 saturated carbocycles. The number of aryl methyl sites for hydroxylation is 2. The van der Waals surface area contributed by atoms with E-state index in [-0.39, 0.29) is 29.3 Å². The van der Waals surface area contributed by atoms with Crippen LogP contribution in [0, 0.1) is 25.5 Å². The molecule has 6 N–H and O–H groups in total. The van der Waals surface area contributed by atoms with Gasteiger partial charge in [-0.3, -0.25) is 9.59 Å². The Bertz CT molecular complexity index is 2950. The topological polar surface area (TPSA) is 183 Å². The second-order valence-corrected chi connectivity index (χ2v) is 19.5. The second kappa shape index (κ2) is 18.6. The van der Waals surface area contributed by atoms with Crippen molar-refractivity contribution >= 4 is 57.8 Å². The van der Waals surface area contributed by atoms with Gasteiger partial charge >= 0.3 is 0 Å². The van der Waals surface area contributed by atoms with Crippen molar-refractivity contribution in [3.8, 4) is 22.5 Å². The highest BCUT2D eigenvalue weighted by Gasteiger charge is 2.26. The summed E-state index contributed by atoms with van der Waals surface area (Å²) >= 11 is 7.09. The molecule has 9 rings (SSSR count). The number of carbonyl (C=O) groups excluding carboxylic acids is 2. The van der Waals surface area contributed by atoms with Crippen molar-refractivity contribution < 1.29 is 28.6 Å². The van der Waals surface area contributed by atoms with E-state index in [9.17, 15) is 28.6 Å². The van der Waals surface area contributed by atoms with Crippen LogP contribution in [-0.4, -0.2) is 87.6 Å². The summed E-state index contributed by atoms with van der Waals surface area (Å²) in [7, 11) is 0. The molecule has 0 saturated heterocycles. The highest BCUT2D eigenvalue weighted by Crippen LogP contribution is 2.35. The zero-order chi connectivity index (χ0) is 47.1. The lowest BCUT2D eigenvalue weighted by Crippen LogP contribution is -2.29. The highest BCUT2D eigenvalue weighted by molar-refractivity contribution is 7.99. The van der Waals surface area contributed by atoms with E-state index in [0.717, 1.165) is 65.4 Å². The fourth-order valence-electron chi connectivity index (χ4n) is 7.03. The summed E-state index contributed by atoms with van der Waals surface area (Å²) in [6, 6.07) is 18.8. The molecule has 0 radical (unpaired) electrons. The van der Waals surface area contributed by atoms with Crippen LogP contribution in [0.3, 0.4) is 0 Å². The van der Waals surface area contributed by atoms with E-state index in [1.54, 1.807) is 67.3 Å². The number of nitrogens with zero attached hydrogens (tertiary/aromatic N) is 6. The summed E-state index contributed by atoms with van der Waals surface area (Å²) in [5.74, 6) is -1.49. The highest BCUT2D eigenvalue weighted by atomic mass is 35.5. The lowest BCUT2D eigenvalue weighted by molar-refractivity contribution is 0.0939. The largest absolute Gasteiger partial charge is 0.389 e. The molecule has 344 valence electrons. The normalized spacial score (nSPS) is 13.9. The summed E-state index contributed by atoms with van der Waals surface area (Å²) in [5, 5.41) is 42.3. The van der Waals surface area contributed by atoms with Crippen LogP contribution >= 0.6 is 23.4 Å². The molecular weight excluding hydrogens is 886 g/mol. The van der Waals surface area contributed by atoms with Crippen molar-refractivity contribution in [1.29, 1.82) is 0 Å². The summed E-state index contributed by atoms with van der Waals surface area (Å²) in [5.41, 5.74) is 6.54. The Morgan fingerprint density at radius 3 is 1.61 bits per heavy atom. The van der Waals surface area contributed by atoms with Gasteiger partial charge in [0, 0.05) is 53.5 Å². The number of rotatable bonds is 14. The van der Waals surface area contributed by atoms with Gasteiger partial charge in [0.1, 0.15) is 16.7 Å². The maximum absolute atomic E-state index is 14.4. The number of anilines is 2. The van der Waals surface area contributed by atoms with Gasteiger partial charge in [0.15, 0.2) is 16.4 Å². The van der Waals surface area contributed by atoms with Gasteiger partial charge < -0.3 is 31.5 Å². The Labute approximate surface area is 389 Å². The number of carbonyl (C=O) groups is 2. The van der Waals surface area contributed by atoms with Crippen LogP contribution in [0.2, 0.25) is 5.15 Å². The maximum atomic E-state index is 14.4. The van der Waals surface area contributed by atoms with E-state index < -0.39 is 22.8 Å². The predicted molar refractivity (Wildman–Crippen MR) is 252 cm³/mol. The zero-order valence-corrected chi connectivity index (χ0v) is 38.9. The summed E-state index contributed by atoms with van der Waals surface area (Å²) in [6.07, 6.45) is 7.53. The van der Waals surface area contributed by atoms with Crippen molar-refractivity contribution in [3.63, 3.8) is 0 Å². The number of imidazole rings is 2. The van der Waals surface area contributed by atoms with E-state index in [4.69, 9.17) is 11.6 Å². The molecule has 2 amide bonds. The molecule has 0 bridgehead atoms. The molecule has 2 fully saturated rings. The quantitative estimate of drug-likeness (QED) is 0.0614. The minimum Gasteiger partial charge on any atom is -0.389 e. The van der Waals surface area contributed by atoms with Crippen LogP contribution in [0.15, 0.2) is 89.0 Å². The van der Waals surface area contributed by atoms with Crippen LogP contribution in [0.25, 0.3) is 33.8 Å². The van der Waals surface area contributed by atoms with Gasteiger partial charge in [-0.25, -0.2) is 27.8 Å². The van der Waals surface area contributed by atoms with Gasteiger partial charge in [0.2, 0.25) is 0 Å². The number of benzene rings is 3. The van der Waals surface area contributed by atoms with Gasteiger partial charge in [0.05, 0.1) is 51.3 Å². The maximum Gasteiger partial charge on any atom is 0.251 e. The third-order valence-corrected chi connectivity index (χ3v) is 12.0. The minimum absolute atomic E-state index is 0.0334. The van der Waals surface area contributed by atoms with Crippen LogP contribution in [0.4, 0.5) is 20.2 Å². The molecular formula is C48H51ClF2N10O4S. The Balaban J connectivity index is 0.000000185. The third-order valence-electron chi connectivity index (χ3n) is 10.8. The van der Waals surface area contributed by atoms with E-state index in [1.807, 2.05) is 44.2 Å². The molecule has 2 aliphatic carbocycles. The Morgan fingerprint density at radius 2 is 1.17 bits per heavy atom. The Morgan fingerprint density at radius 1 is 0.712 bits per heavy atom. The average Bonchev–Trinajstić information content (AvgIpc) is 4.16. The van der Waals surface area contributed by atoms with E-state index in [1.165, 1.54) is 18.2 Å². The lowest BCUT2D eigenvalue weighted by Gasteiger charge is -2.19. The standard InChI is InChI=1S/C27H27F2N5O2S.C21H24ClN5O2/c1-15-11-16(7-10-18(15)26(35)32-17-8-9-17)22-13-30-25-21(31-14-27(2,3)36)12-23(33-34(22)25)37-24-19(28)5-4-6-20(24)29;1-12-8-13(4-7-15(12)20(28)25-14-5-6-14)17-10-23-19-16(24-11-21(2,3)29)9-18(22)26-27(17)19/h4-7,10-13,17,31,36H,8-9,14H2,1-3H3,(H,32,35);4,7-10,14,24,29H,5-6,11H2,1-3H3,(H,25,28). The number of hydrogen-bond donors (Lipinski definition) is 6. The average molecular weight is 938 g/mol. The van der Waals surface area contributed by atoms with Gasteiger partial charge in [0.25, 0.3) is 11.8 Å². The summed E-state index contributed by atoms with van der Waals surface area (Å²) in [6.45, 7) is 11.1. The predicted octanol–water partition coefficient (Wildman–Crippen LogP) is 8.64. The number of amides is 2. The number of fused-ring (bicyclic) bond motifs is 2. The van der Waals surface area contributed by atoms with Gasteiger partial charge in [-0.15, -0.1) is 0 Å². The van der Waals surface area contributed by atoms with Crippen molar-refractivity contribution in [1.82, 2.24) is 39.8 Å². The molecule has 3 aromatic carbocycles. The molecule has 2 aliphatic rings. The van der Waals surface area contributed by atoms with Crippen molar-refractivity contribution in [2.24, 2.45) is 0 Å². The van der Waals surface area contributed by atoms with Gasteiger partial charge in [-0.1, -0.05) is 41.6 Å². The van der Waals surface area contributed by atoms with Crippen molar-refractivity contribution in [3.05, 3.63) is 118 Å². The van der Waals surface area contributed by atoms with Gasteiger partial charge in [-0.05, 0) is 121 Å². The Kier molecular flexibility index (Phi) is 13.1. The summed E-state index contributed by atoms with van der Waals surface area (Å²) < 4.78 is 32.0. The molecule has 4 aromatic heterocycles. The fourth-order valence-corrected chi connectivity index (χ4v) is 8.06. The smallest absolute Gasteiger partial charge is 0.251 e. The molecule has 0 spiro atoms. The monoisotopic (exact) mass is 936 g/mol. The van der Waals surface area contributed by atoms with Crippen LogP contribution in [-0.2, 0) is 0 Å². The first-order valence-electron chi connectivity index (χ1n) is 21.6. The second-order valence-electron chi connectivity index (χ2n) is 18.1. The van der Waals surface area contributed by atoms with Crippen molar-refractivity contribution in [2.75, 3.05) is 23.7 Å². The van der Waals surface area contributed by atoms with E-state index in [0.29, 0.717) is 62.3 Å². The van der Waals surface area contributed by atoms with E-state index >= 15 is 0 Å². The molecule has 0 atom stereocenters. The molecule has 7 aromatic rings.